The van der Waals surface area contributed by atoms with Crippen LogP contribution < -0.4 is 15.9 Å². The van der Waals surface area contributed by atoms with Gasteiger partial charge in [-0.15, -0.1) is 5.10 Å². The molecule has 192 valence electrons. The summed E-state index contributed by atoms with van der Waals surface area (Å²) in [6.07, 6.45) is 1.48. The second-order valence-electron chi connectivity index (χ2n) is 7.92. The Morgan fingerprint density at radius 2 is 2.00 bits per heavy atom. The number of hydrazone groups is 1. The lowest BCUT2D eigenvalue weighted by atomic mass is 10.2. The Labute approximate surface area is 211 Å². The first-order chi connectivity index (χ1) is 18.0. The Morgan fingerprint density at radius 3 is 2.70 bits per heavy atom. The van der Waals surface area contributed by atoms with Gasteiger partial charge < -0.3 is 10.5 Å². The number of ether oxygens (including phenoxy) is 1. The molecule has 0 bridgehead atoms. The van der Waals surface area contributed by atoms with Crippen molar-refractivity contribution < 1.29 is 18.6 Å². The summed E-state index contributed by atoms with van der Waals surface area (Å²) in [6, 6.07) is 13.3. The molecule has 2 aromatic carbocycles. The van der Waals surface area contributed by atoms with Gasteiger partial charge in [0.15, 0.2) is 5.69 Å². The molecule has 0 atom stereocenters. The minimum atomic E-state index is -0.552. The summed E-state index contributed by atoms with van der Waals surface area (Å²) in [4.78, 5) is 15.0. The van der Waals surface area contributed by atoms with Gasteiger partial charge in [-0.1, -0.05) is 43.3 Å². The number of nitrogens with one attached hydrogen (secondary N) is 1. The fourth-order valence-electron chi connectivity index (χ4n) is 3.44. The molecule has 0 saturated carbocycles. The van der Waals surface area contributed by atoms with Crippen molar-refractivity contribution in [2.75, 3.05) is 18.8 Å². The van der Waals surface area contributed by atoms with Gasteiger partial charge >= 0.3 is 0 Å². The lowest BCUT2D eigenvalue weighted by Crippen LogP contribution is -2.27. The molecule has 0 spiro atoms. The van der Waals surface area contributed by atoms with E-state index in [4.69, 9.17) is 10.5 Å². The Balaban J connectivity index is 1.45. The van der Waals surface area contributed by atoms with Crippen molar-refractivity contribution in [1.82, 2.24) is 35.6 Å². The van der Waals surface area contributed by atoms with E-state index in [9.17, 15) is 9.18 Å². The van der Waals surface area contributed by atoms with Gasteiger partial charge in [-0.05, 0) is 58.8 Å². The van der Waals surface area contributed by atoms with Crippen molar-refractivity contribution in [3.63, 3.8) is 0 Å². The molecule has 3 N–H and O–H groups in total. The molecule has 2 heterocycles. The summed E-state index contributed by atoms with van der Waals surface area (Å²) in [7, 11) is 0. The number of halogens is 1. The van der Waals surface area contributed by atoms with E-state index in [1.807, 2.05) is 19.9 Å². The van der Waals surface area contributed by atoms with Crippen LogP contribution >= 0.6 is 0 Å². The van der Waals surface area contributed by atoms with Gasteiger partial charge in [0.25, 0.3) is 5.91 Å². The number of carbonyl (C=O) groups excluding carboxylic acids is 1. The second kappa shape index (κ2) is 11.9. The number of carbonyl (C=O) groups is 1. The first kappa shape index (κ1) is 25.4. The average Bonchev–Trinajstić information content (AvgIpc) is 3.52. The third kappa shape index (κ3) is 6.32. The normalized spacial score (nSPS) is 11.4. The van der Waals surface area contributed by atoms with Crippen molar-refractivity contribution in [3.05, 3.63) is 76.9 Å². The Morgan fingerprint density at radius 1 is 1.22 bits per heavy atom. The van der Waals surface area contributed by atoms with Gasteiger partial charge in [-0.25, -0.2) is 14.4 Å². The summed E-state index contributed by atoms with van der Waals surface area (Å²) >= 11 is 0. The molecule has 13 heteroatoms. The van der Waals surface area contributed by atoms with E-state index in [-0.39, 0.29) is 29.8 Å². The zero-order valence-corrected chi connectivity index (χ0v) is 20.3. The van der Waals surface area contributed by atoms with Crippen LogP contribution in [-0.4, -0.2) is 55.4 Å². The van der Waals surface area contributed by atoms with E-state index < -0.39 is 5.91 Å². The molecule has 2 aromatic heterocycles. The highest BCUT2D eigenvalue weighted by Gasteiger charge is 2.25. The summed E-state index contributed by atoms with van der Waals surface area (Å²) in [5.74, 6) is -0.0795. The summed E-state index contributed by atoms with van der Waals surface area (Å²) in [5.41, 5.74) is 10.4. The lowest BCUT2D eigenvalue weighted by molar-refractivity contribution is 0.0948. The molecule has 12 nitrogen and oxygen atoms in total. The van der Waals surface area contributed by atoms with E-state index in [1.54, 1.807) is 30.3 Å². The standard InChI is InChI=1S/C24H26FN9O3/c1-3-33(4-2)14-20-21(28-32-34(20)23-22(26)30-37-31-23)24(35)29-27-13-17-6-5-7-19(12-17)36-15-16-8-10-18(25)11-9-16/h5-13H,3-4,14-15H2,1-2H3,(H2,26,30)(H,29,35). The van der Waals surface area contributed by atoms with Crippen molar-refractivity contribution in [2.24, 2.45) is 5.10 Å². The first-order valence-electron chi connectivity index (χ1n) is 11.5. The van der Waals surface area contributed by atoms with Crippen LogP contribution in [0, 0.1) is 5.82 Å². The molecule has 4 rings (SSSR count). The van der Waals surface area contributed by atoms with Gasteiger partial charge in [-0.2, -0.15) is 9.78 Å². The van der Waals surface area contributed by atoms with E-state index in [0.717, 1.165) is 18.7 Å². The fourth-order valence-corrected chi connectivity index (χ4v) is 3.44. The smallest absolute Gasteiger partial charge is 0.293 e. The zero-order chi connectivity index (χ0) is 26.2. The maximum Gasteiger partial charge on any atom is 0.293 e. The Hall–Kier alpha value is -4.65. The van der Waals surface area contributed by atoms with Gasteiger partial charge in [0, 0.05) is 6.54 Å². The number of anilines is 1. The zero-order valence-electron chi connectivity index (χ0n) is 20.3. The molecule has 37 heavy (non-hydrogen) atoms. The monoisotopic (exact) mass is 507 g/mol. The lowest BCUT2D eigenvalue weighted by Gasteiger charge is -2.18. The van der Waals surface area contributed by atoms with E-state index in [1.165, 1.54) is 23.0 Å². The molecule has 0 aliphatic heterocycles. The quantitative estimate of drug-likeness (QED) is 0.231. The third-order valence-electron chi connectivity index (χ3n) is 5.50. The van der Waals surface area contributed by atoms with Gasteiger partial charge in [0.05, 0.1) is 11.9 Å². The number of hydrogen-bond donors (Lipinski definition) is 2. The van der Waals surface area contributed by atoms with E-state index >= 15 is 0 Å². The average molecular weight is 508 g/mol. The summed E-state index contributed by atoms with van der Waals surface area (Å²) in [5, 5.41) is 19.5. The highest BCUT2D eigenvalue weighted by Crippen LogP contribution is 2.18. The number of nitrogens with two attached hydrogens (primary N) is 1. The minimum absolute atomic E-state index is 0.0252. The maximum absolute atomic E-state index is 13.1. The molecule has 0 radical (unpaired) electrons. The third-order valence-corrected chi connectivity index (χ3v) is 5.50. The molecule has 0 unspecified atom stereocenters. The topological polar surface area (TPSA) is 150 Å². The fraction of sp³-hybridized carbons (Fsp3) is 0.250. The predicted molar refractivity (Wildman–Crippen MR) is 132 cm³/mol. The molecule has 1 amide bonds. The molecular weight excluding hydrogens is 481 g/mol. The maximum atomic E-state index is 13.1. The van der Waals surface area contributed by atoms with Crippen LogP contribution in [0.25, 0.3) is 5.82 Å². The van der Waals surface area contributed by atoms with Crippen molar-refractivity contribution in [3.8, 4) is 11.6 Å². The van der Waals surface area contributed by atoms with Crippen LogP contribution in [0.5, 0.6) is 5.75 Å². The van der Waals surface area contributed by atoms with Crippen molar-refractivity contribution in [2.45, 2.75) is 27.0 Å². The molecule has 4 aromatic rings. The first-order valence-corrected chi connectivity index (χ1v) is 11.5. The van der Waals surface area contributed by atoms with Crippen LogP contribution in [-0.2, 0) is 13.2 Å². The number of rotatable bonds is 11. The number of benzene rings is 2. The molecule has 0 aliphatic carbocycles. The highest BCUT2D eigenvalue weighted by atomic mass is 19.1. The number of nitrogens with zero attached hydrogens (tertiary/aromatic N) is 7. The number of amides is 1. The molecule has 0 fully saturated rings. The predicted octanol–water partition coefficient (Wildman–Crippen LogP) is 2.56. The van der Waals surface area contributed by atoms with E-state index in [0.29, 0.717) is 23.6 Å². The molecule has 0 aliphatic rings. The van der Waals surface area contributed by atoms with E-state index in [2.05, 4.69) is 40.7 Å². The van der Waals surface area contributed by atoms with Crippen LogP contribution in [0.2, 0.25) is 0 Å². The molecule has 0 saturated heterocycles. The van der Waals surface area contributed by atoms with Gasteiger partial charge in [-0.3, -0.25) is 9.69 Å². The molecular formula is C24H26FN9O3. The Kier molecular flexibility index (Phi) is 8.15. The number of nitrogen functional groups attached to an aromatic ring is 1. The van der Waals surface area contributed by atoms with Crippen LogP contribution in [0.4, 0.5) is 10.2 Å². The van der Waals surface area contributed by atoms with Crippen LogP contribution in [0.3, 0.4) is 0 Å². The highest BCUT2D eigenvalue weighted by molar-refractivity contribution is 5.94. The van der Waals surface area contributed by atoms with Gasteiger partial charge in [0.2, 0.25) is 11.6 Å². The largest absolute Gasteiger partial charge is 0.489 e. The Bertz CT molecular complexity index is 1360. The number of hydrogen-bond acceptors (Lipinski definition) is 10. The summed E-state index contributed by atoms with van der Waals surface area (Å²) < 4.78 is 24.8. The van der Waals surface area contributed by atoms with Crippen molar-refractivity contribution >= 4 is 17.9 Å². The van der Waals surface area contributed by atoms with Crippen LogP contribution in [0.15, 0.2) is 58.3 Å². The SMILES string of the molecule is CCN(CC)Cc1c(C(=O)NN=Cc2cccc(OCc3ccc(F)cc3)c2)nnn1-c1nonc1N. The van der Waals surface area contributed by atoms with Gasteiger partial charge in [0.1, 0.15) is 18.2 Å². The second-order valence-corrected chi connectivity index (χ2v) is 7.92. The number of aromatic nitrogens is 5. The summed E-state index contributed by atoms with van der Waals surface area (Å²) in [6.45, 7) is 6.15. The van der Waals surface area contributed by atoms with Crippen molar-refractivity contribution in [1.29, 1.82) is 0 Å². The minimum Gasteiger partial charge on any atom is -0.489 e. The van der Waals surface area contributed by atoms with Crippen LogP contribution in [0.1, 0.15) is 41.2 Å².